The predicted octanol–water partition coefficient (Wildman–Crippen LogP) is 1.66. The van der Waals surface area contributed by atoms with Gasteiger partial charge < -0.3 is 15.0 Å². The zero-order valence-corrected chi connectivity index (χ0v) is 11.0. The summed E-state index contributed by atoms with van der Waals surface area (Å²) < 4.78 is 5.18. The van der Waals surface area contributed by atoms with Gasteiger partial charge in [0.05, 0.1) is 13.0 Å². The van der Waals surface area contributed by atoms with Crippen LogP contribution in [0.3, 0.4) is 0 Å². The van der Waals surface area contributed by atoms with Crippen LogP contribution in [0.25, 0.3) is 0 Å². The van der Waals surface area contributed by atoms with E-state index in [-0.39, 0.29) is 11.8 Å². The summed E-state index contributed by atoms with van der Waals surface area (Å²) in [6.45, 7) is 1.81. The lowest BCUT2D eigenvalue weighted by Gasteiger charge is -2.27. The van der Waals surface area contributed by atoms with Crippen LogP contribution in [0.2, 0.25) is 0 Å². The number of rotatable bonds is 3. The van der Waals surface area contributed by atoms with Crippen LogP contribution in [0.15, 0.2) is 24.3 Å². The van der Waals surface area contributed by atoms with Gasteiger partial charge in [0.15, 0.2) is 0 Å². The van der Waals surface area contributed by atoms with Crippen LogP contribution in [0, 0.1) is 5.92 Å². The van der Waals surface area contributed by atoms with Gasteiger partial charge in [-0.05, 0) is 31.5 Å². The summed E-state index contributed by atoms with van der Waals surface area (Å²) >= 11 is 0. The second kappa shape index (κ2) is 5.87. The van der Waals surface area contributed by atoms with Crippen LogP contribution < -0.4 is 15.0 Å². The van der Waals surface area contributed by atoms with Crippen molar-refractivity contribution in [2.24, 2.45) is 5.92 Å². The first-order chi connectivity index (χ1) is 8.72. The van der Waals surface area contributed by atoms with Crippen LogP contribution >= 0.6 is 0 Å². The minimum atomic E-state index is 0.0925. The van der Waals surface area contributed by atoms with E-state index in [0.717, 1.165) is 37.4 Å². The molecule has 1 aliphatic rings. The summed E-state index contributed by atoms with van der Waals surface area (Å²) in [6.07, 6.45) is 2.04. The van der Waals surface area contributed by atoms with Crippen molar-refractivity contribution in [1.82, 2.24) is 5.32 Å². The van der Waals surface area contributed by atoms with Crippen molar-refractivity contribution in [3.05, 3.63) is 24.3 Å². The van der Waals surface area contributed by atoms with Crippen molar-refractivity contribution < 1.29 is 9.53 Å². The second-order valence-electron chi connectivity index (χ2n) is 4.64. The summed E-state index contributed by atoms with van der Waals surface area (Å²) in [5, 5.41) is 3.27. The Morgan fingerprint density at radius 1 is 1.50 bits per heavy atom. The van der Waals surface area contributed by atoms with E-state index in [1.807, 2.05) is 31.3 Å². The molecule has 18 heavy (non-hydrogen) atoms. The molecule has 0 spiro atoms. The number of benzene rings is 1. The molecule has 0 bridgehead atoms. The number of methoxy groups -OCH3 is 1. The average Bonchev–Trinajstić information content (AvgIpc) is 2.46. The molecule has 0 aromatic heterocycles. The van der Waals surface area contributed by atoms with Crippen molar-refractivity contribution in [1.29, 1.82) is 0 Å². The Hall–Kier alpha value is -1.55. The molecule has 2 rings (SSSR count). The topological polar surface area (TPSA) is 41.6 Å². The number of anilines is 1. The van der Waals surface area contributed by atoms with Crippen molar-refractivity contribution in [3.8, 4) is 5.75 Å². The predicted molar refractivity (Wildman–Crippen MR) is 72.0 cm³/mol. The normalized spacial score (nSPS) is 19.3. The molecular formula is C14H20N2O2. The fourth-order valence-electron chi connectivity index (χ4n) is 2.28. The monoisotopic (exact) mass is 248 g/mol. The Balaban J connectivity index is 2.09. The third kappa shape index (κ3) is 2.82. The highest BCUT2D eigenvalue weighted by Gasteiger charge is 2.24. The lowest BCUT2D eigenvalue weighted by molar-refractivity contribution is -0.122. The van der Waals surface area contributed by atoms with Crippen molar-refractivity contribution in [3.63, 3.8) is 0 Å². The highest BCUT2D eigenvalue weighted by atomic mass is 16.5. The van der Waals surface area contributed by atoms with E-state index in [0.29, 0.717) is 0 Å². The van der Waals surface area contributed by atoms with Gasteiger partial charge >= 0.3 is 0 Å². The zero-order chi connectivity index (χ0) is 13.0. The van der Waals surface area contributed by atoms with E-state index in [1.165, 1.54) is 0 Å². The summed E-state index contributed by atoms with van der Waals surface area (Å²) in [5.74, 6) is 1.04. The van der Waals surface area contributed by atoms with Crippen molar-refractivity contribution in [2.45, 2.75) is 12.8 Å². The molecule has 1 aliphatic heterocycles. The van der Waals surface area contributed by atoms with Gasteiger partial charge in [0, 0.05) is 25.3 Å². The number of carbonyl (C=O) groups excluding carboxylic acids is 1. The molecule has 4 nitrogen and oxygen atoms in total. The minimum absolute atomic E-state index is 0.0925. The van der Waals surface area contributed by atoms with Crippen molar-refractivity contribution in [2.75, 3.05) is 32.1 Å². The molecule has 1 atom stereocenters. The van der Waals surface area contributed by atoms with Crippen molar-refractivity contribution >= 4 is 11.6 Å². The van der Waals surface area contributed by atoms with Crippen LogP contribution in [-0.2, 0) is 4.79 Å². The molecule has 0 aliphatic carbocycles. The Kier molecular flexibility index (Phi) is 4.20. The maximum atomic E-state index is 12.3. The third-order valence-electron chi connectivity index (χ3n) is 3.42. The number of nitrogens with zero attached hydrogens (tertiary/aromatic N) is 1. The summed E-state index contributed by atoms with van der Waals surface area (Å²) in [4.78, 5) is 14.1. The number of nitrogens with one attached hydrogen (secondary N) is 1. The first-order valence-corrected chi connectivity index (χ1v) is 6.34. The van der Waals surface area contributed by atoms with Gasteiger partial charge in [-0.15, -0.1) is 0 Å². The summed E-state index contributed by atoms with van der Waals surface area (Å²) in [6, 6.07) is 7.59. The van der Waals surface area contributed by atoms with Gasteiger partial charge in [-0.2, -0.15) is 0 Å². The van der Waals surface area contributed by atoms with Gasteiger partial charge in [0.2, 0.25) is 5.91 Å². The molecule has 98 valence electrons. The molecule has 0 saturated carbocycles. The molecule has 1 amide bonds. The van der Waals surface area contributed by atoms with Gasteiger partial charge in [0.25, 0.3) is 0 Å². The number of hydrogen-bond donors (Lipinski definition) is 1. The van der Waals surface area contributed by atoms with E-state index in [1.54, 1.807) is 12.0 Å². The maximum absolute atomic E-state index is 12.3. The molecule has 0 radical (unpaired) electrons. The van der Waals surface area contributed by atoms with E-state index in [4.69, 9.17) is 4.74 Å². The van der Waals surface area contributed by atoms with Crippen LogP contribution in [-0.4, -0.2) is 33.2 Å². The van der Waals surface area contributed by atoms with Gasteiger partial charge in [0.1, 0.15) is 5.75 Å². The number of ether oxygens (including phenoxy) is 1. The Bertz CT molecular complexity index is 414. The highest BCUT2D eigenvalue weighted by molar-refractivity contribution is 5.94. The standard InChI is InChI=1S/C14H20N2O2/c1-16(12-6-3-7-13(9-12)18-2)14(17)11-5-4-8-15-10-11/h3,6-7,9,11,15H,4-5,8,10H2,1-2H3/t11-/m1/s1. The van der Waals surface area contributed by atoms with E-state index in [9.17, 15) is 4.79 Å². The van der Waals surface area contributed by atoms with Gasteiger partial charge in [-0.25, -0.2) is 0 Å². The molecule has 0 unspecified atom stereocenters. The van der Waals surface area contributed by atoms with Gasteiger partial charge in [-0.1, -0.05) is 6.07 Å². The highest BCUT2D eigenvalue weighted by Crippen LogP contribution is 2.22. The van der Waals surface area contributed by atoms with E-state index in [2.05, 4.69) is 5.32 Å². The first-order valence-electron chi connectivity index (χ1n) is 6.34. The Morgan fingerprint density at radius 3 is 3.00 bits per heavy atom. The Labute approximate surface area is 108 Å². The smallest absolute Gasteiger partial charge is 0.231 e. The fourth-order valence-corrected chi connectivity index (χ4v) is 2.28. The molecule has 1 aromatic carbocycles. The third-order valence-corrected chi connectivity index (χ3v) is 3.42. The number of hydrogen-bond acceptors (Lipinski definition) is 3. The maximum Gasteiger partial charge on any atom is 0.231 e. The SMILES string of the molecule is COc1cccc(N(C)C(=O)[C@@H]2CCCNC2)c1. The molecule has 1 fully saturated rings. The number of carbonyl (C=O) groups is 1. The number of piperidine rings is 1. The second-order valence-corrected chi connectivity index (χ2v) is 4.64. The van der Waals surface area contributed by atoms with E-state index < -0.39 is 0 Å². The van der Waals surface area contributed by atoms with Gasteiger partial charge in [-0.3, -0.25) is 4.79 Å². The largest absolute Gasteiger partial charge is 0.497 e. The van der Waals surface area contributed by atoms with Crippen LogP contribution in [0.5, 0.6) is 5.75 Å². The Morgan fingerprint density at radius 2 is 2.33 bits per heavy atom. The summed E-state index contributed by atoms with van der Waals surface area (Å²) in [5.41, 5.74) is 0.880. The molecule has 1 N–H and O–H groups in total. The number of amides is 1. The molecule has 4 heteroatoms. The molecule has 1 saturated heterocycles. The fraction of sp³-hybridized carbons (Fsp3) is 0.500. The quantitative estimate of drug-likeness (QED) is 0.884. The average molecular weight is 248 g/mol. The summed E-state index contributed by atoms with van der Waals surface area (Å²) in [7, 11) is 3.46. The molecule has 1 aromatic rings. The molecular weight excluding hydrogens is 228 g/mol. The lowest BCUT2D eigenvalue weighted by Crippen LogP contribution is -2.41. The van der Waals surface area contributed by atoms with Crippen LogP contribution in [0.1, 0.15) is 12.8 Å². The first kappa shape index (κ1) is 12.9. The lowest BCUT2D eigenvalue weighted by atomic mass is 9.98. The van der Waals surface area contributed by atoms with E-state index >= 15 is 0 Å². The minimum Gasteiger partial charge on any atom is -0.497 e. The molecule has 1 heterocycles. The van der Waals surface area contributed by atoms with Crippen LogP contribution in [0.4, 0.5) is 5.69 Å². The zero-order valence-electron chi connectivity index (χ0n) is 11.0.